The third-order valence-corrected chi connectivity index (χ3v) is 7.49. The van der Waals surface area contributed by atoms with E-state index in [1.165, 1.54) is 0 Å². The zero-order valence-electron chi connectivity index (χ0n) is 25.1. The van der Waals surface area contributed by atoms with Gasteiger partial charge in [-0.1, -0.05) is 42.4 Å². The molecule has 0 bridgehead atoms. The van der Waals surface area contributed by atoms with E-state index in [4.69, 9.17) is 4.74 Å². The Hall–Kier alpha value is -2.59. The number of aromatic nitrogens is 3. The van der Waals surface area contributed by atoms with Crippen molar-refractivity contribution in [3.63, 3.8) is 0 Å². The second kappa shape index (κ2) is 16.8. The molecule has 1 aliphatic heterocycles. The maximum atomic E-state index is 12.9. The fourth-order valence-corrected chi connectivity index (χ4v) is 5.09. The molecule has 2 unspecified atom stereocenters. The van der Waals surface area contributed by atoms with Gasteiger partial charge in [0.25, 0.3) is 5.56 Å². The SMILES string of the molecule is [CH2-]CN(C[CH2-])c1ccc(C(C)Nc2ccccc2S(C)=O)cc(C)cc(C)c(=O)n1C.[Na+].c1cc2n(n1)C[CH-]CO2. The number of hydrogen-bond donors (Lipinski definition) is 1. The van der Waals surface area contributed by atoms with Gasteiger partial charge < -0.3 is 28.8 Å². The molecule has 8 nitrogen and oxygen atoms in total. The number of benzene rings is 1. The fraction of sp³-hybridized carbons (Fsp3) is 0.323. The Labute approximate surface area is 269 Å². The number of aryl methyl sites for hydroxylation is 2. The summed E-state index contributed by atoms with van der Waals surface area (Å²) in [5, 5.41) is 7.51. The average Bonchev–Trinajstić information content (AvgIpc) is 3.43. The summed E-state index contributed by atoms with van der Waals surface area (Å²) in [6.07, 6.45) is 5.47. The monoisotopic (exact) mass is 585 g/mol. The van der Waals surface area contributed by atoms with Gasteiger partial charge in [-0.05, 0) is 51.1 Å². The van der Waals surface area contributed by atoms with Gasteiger partial charge in [0.15, 0.2) is 0 Å². The van der Waals surface area contributed by atoms with E-state index in [1.54, 1.807) is 24.1 Å². The van der Waals surface area contributed by atoms with Crippen molar-refractivity contribution in [3.8, 4) is 5.88 Å². The molecule has 3 aromatic rings. The summed E-state index contributed by atoms with van der Waals surface area (Å²) in [5.74, 6) is 1.62. The number of nitrogens with one attached hydrogen (secondary N) is 1. The standard InChI is InChI=1S/C25H33N3O2S.C6H7N2O.Na/c1-8-28(9-2)24-15-14-21(17-18(3)16-19(4)25(29)27(24)6)20(5)26-22-12-10-11-13-23(22)31(7)30;1-4-8-6(9-5-1)2-3-7-8;/h10-17,20,26H,1-2,8-9H2,3-7H3;1-3H,4-5H2;/q-2;-1;+1. The van der Waals surface area contributed by atoms with Gasteiger partial charge in [-0.3, -0.25) is 24.7 Å². The molecule has 0 radical (unpaired) electrons. The molecule has 2 aromatic heterocycles. The van der Waals surface area contributed by atoms with Gasteiger partial charge in [0.2, 0.25) is 5.88 Å². The molecule has 0 saturated carbocycles. The first kappa shape index (κ1) is 34.6. The second-order valence-corrected chi connectivity index (χ2v) is 10.9. The molecule has 1 N–H and O–H groups in total. The first-order valence-electron chi connectivity index (χ1n) is 13.2. The third-order valence-electron chi connectivity index (χ3n) is 6.51. The molecule has 3 heterocycles. The van der Waals surface area contributed by atoms with Gasteiger partial charge in [0.1, 0.15) is 5.82 Å². The summed E-state index contributed by atoms with van der Waals surface area (Å²) < 4.78 is 20.8. The van der Waals surface area contributed by atoms with Crippen LogP contribution in [0.5, 0.6) is 5.88 Å². The molecule has 41 heavy (non-hydrogen) atoms. The Morgan fingerprint density at radius 2 is 1.85 bits per heavy atom. The number of para-hydroxylation sites is 1. The first-order chi connectivity index (χ1) is 19.2. The number of ether oxygens (including phenoxy) is 1. The van der Waals surface area contributed by atoms with Crippen molar-refractivity contribution < 1.29 is 38.5 Å². The summed E-state index contributed by atoms with van der Waals surface area (Å²) >= 11 is 0. The Morgan fingerprint density at radius 3 is 2.51 bits per heavy atom. The minimum Gasteiger partial charge on any atom is -0.511 e. The topological polar surface area (TPSA) is 81.4 Å². The first-order valence-corrected chi connectivity index (χ1v) is 14.8. The zero-order chi connectivity index (χ0) is 29.2. The molecule has 1 aliphatic rings. The van der Waals surface area contributed by atoms with E-state index in [1.807, 2.05) is 78.4 Å². The molecule has 0 amide bonds. The van der Waals surface area contributed by atoms with Crippen LogP contribution in [0.15, 0.2) is 70.5 Å². The van der Waals surface area contributed by atoms with E-state index in [9.17, 15) is 9.00 Å². The molecule has 0 fully saturated rings. The van der Waals surface area contributed by atoms with Crippen LogP contribution < -0.4 is 50.1 Å². The molecular formula is C31H40N5NaO3S-2. The van der Waals surface area contributed by atoms with Crippen molar-refractivity contribution in [1.82, 2.24) is 14.3 Å². The van der Waals surface area contributed by atoms with Gasteiger partial charge >= 0.3 is 29.6 Å². The summed E-state index contributed by atoms with van der Waals surface area (Å²) in [6.45, 7) is 16.4. The number of hydrogen-bond acceptors (Lipinski definition) is 6. The summed E-state index contributed by atoms with van der Waals surface area (Å²) in [7, 11) is 0.679. The van der Waals surface area contributed by atoms with Crippen LogP contribution in [0.2, 0.25) is 0 Å². The largest absolute Gasteiger partial charge is 1.00 e. The summed E-state index contributed by atoms with van der Waals surface area (Å²) in [4.78, 5) is 15.6. The molecule has 2 atom stereocenters. The predicted molar refractivity (Wildman–Crippen MR) is 165 cm³/mol. The van der Waals surface area contributed by atoms with E-state index >= 15 is 0 Å². The summed E-state index contributed by atoms with van der Waals surface area (Å²) in [5.41, 5.74) is 3.46. The van der Waals surface area contributed by atoms with Gasteiger partial charge in [0, 0.05) is 31.0 Å². The van der Waals surface area contributed by atoms with Crippen LogP contribution in [0.3, 0.4) is 0 Å². The van der Waals surface area contributed by atoms with E-state index in [-0.39, 0.29) is 41.2 Å². The van der Waals surface area contributed by atoms with Gasteiger partial charge in [-0.15, -0.1) is 13.1 Å². The van der Waals surface area contributed by atoms with Crippen LogP contribution in [0.1, 0.15) is 29.7 Å². The molecule has 10 heteroatoms. The number of rotatable bonds is 7. The Morgan fingerprint density at radius 1 is 1.15 bits per heavy atom. The van der Waals surface area contributed by atoms with Crippen molar-refractivity contribution in [2.24, 2.45) is 7.05 Å². The number of fused-ring (bicyclic) bond motifs is 1. The molecule has 1 aromatic carbocycles. The molecule has 0 aliphatic carbocycles. The van der Waals surface area contributed by atoms with Crippen LogP contribution in [-0.2, 0) is 24.4 Å². The van der Waals surface area contributed by atoms with Crippen molar-refractivity contribution >= 4 is 22.3 Å². The minimum atomic E-state index is -1.09. The number of anilines is 2. The average molecular weight is 586 g/mol. The quantitative estimate of drug-likeness (QED) is 0.338. The number of nitrogens with zero attached hydrogens (tertiary/aromatic N) is 4. The van der Waals surface area contributed by atoms with E-state index in [0.717, 1.165) is 40.0 Å². The Kier molecular flexibility index (Phi) is 14.1. The zero-order valence-corrected chi connectivity index (χ0v) is 27.9. The molecule has 4 rings (SSSR count). The van der Waals surface area contributed by atoms with Crippen LogP contribution in [0.4, 0.5) is 11.5 Å². The van der Waals surface area contributed by atoms with E-state index < -0.39 is 10.8 Å². The fourth-order valence-electron chi connectivity index (χ4n) is 4.39. The normalized spacial score (nSPS) is 13.1. The molecule has 216 valence electrons. The molecule has 0 saturated heterocycles. The maximum absolute atomic E-state index is 12.9. The van der Waals surface area contributed by atoms with E-state index in [0.29, 0.717) is 25.3 Å². The van der Waals surface area contributed by atoms with Crippen LogP contribution in [0, 0.1) is 34.1 Å². The van der Waals surface area contributed by atoms with Crippen molar-refractivity contribution in [3.05, 3.63) is 108 Å². The minimum absolute atomic E-state index is 0. The second-order valence-electron chi connectivity index (χ2n) is 9.53. The third kappa shape index (κ3) is 9.46. The van der Waals surface area contributed by atoms with Crippen LogP contribution >= 0.6 is 0 Å². The maximum Gasteiger partial charge on any atom is 1.00 e. The molecular weight excluding hydrogens is 545 g/mol. The molecule has 0 spiro atoms. The van der Waals surface area contributed by atoms with Crippen molar-refractivity contribution in [2.45, 2.75) is 38.3 Å². The van der Waals surface area contributed by atoms with Crippen molar-refractivity contribution in [1.29, 1.82) is 0 Å². The van der Waals surface area contributed by atoms with E-state index in [2.05, 4.69) is 37.3 Å². The predicted octanol–water partition coefficient (Wildman–Crippen LogP) is 2.00. The Balaban J connectivity index is 0.000000492. The van der Waals surface area contributed by atoms with Crippen LogP contribution in [-0.4, -0.2) is 44.5 Å². The summed E-state index contributed by atoms with van der Waals surface area (Å²) in [6, 6.07) is 17.4. The van der Waals surface area contributed by atoms with Crippen molar-refractivity contribution in [2.75, 3.05) is 36.2 Å². The van der Waals surface area contributed by atoms with Gasteiger partial charge in [-0.2, -0.15) is 5.10 Å². The Bertz CT molecular complexity index is 1410. The van der Waals surface area contributed by atoms with Gasteiger partial charge in [-0.25, -0.2) is 0 Å². The van der Waals surface area contributed by atoms with Crippen LogP contribution in [0.25, 0.3) is 0 Å². The van der Waals surface area contributed by atoms with Gasteiger partial charge in [0.05, 0.1) is 27.6 Å². The smallest absolute Gasteiger partial charge is 0.511 e.